The van der Waals surface area contributed by atoms with E-state index in [-0.39, 0.29) is 0 Å². The van der Waals surface area contributed by atoms with Crippen LogP contribution in [-0.4, -0.2) is 6.18 Å². The van der Waals surface area contributed by atoms with Gasteiger partial charge in [0.1, 0.15) is 5.82 Å². The van der Waals surface area contributed by atoms with Crippen molar-refractivity contribution in [3.63, 3.8) is 0 Å². The van der Waals surface area contributed by atoms with E-state index in [0.717, 1.165) is 0 Å². The van der Waals surface area contributed by atoms with Gasteiger partial charge in [0.2, 0.25) is 0 Å². The molecule has 0 saturated heterocycles. The molecular formula is C11H9ClF7N. The molecule has 114 valence electrons. The van der Waals surface area contributed by atoms with E-state index in [0.29, 0.717) is 12.1 Å². The molecule has 1 atom stereocenters. The van der Waals surface area contributed by atoms with E-state index >= 15 is 0 Å². The number of hydrogen-bond acceptors (Lipinski definition) is 1. The SMILES string of the molecule is N[C@@H](CCC(F)(F)F)c1cc(C(F)(F)F)cc(Cl)c1F. The van der Waals surface area contributed by atoms with Crippen LogP contribution in [0.1, 0.15) is 30.0 Å². The van der Waals surface area contributed by atoms with Gasteiger partial charge in [-0.3, -0.25) is 0 Å². The lowest BCUT2D eigenvalue weighted by Gasteiger charge is -2.17. The molecule has 1 nitrogen and oxygen atoms in total. The minimum Gasteiger partial charge on any atom is -0.324 e. The standard InChI is InChI=1S/C11H9ClF7N/c12-7-4-5(11(17,18)19)3-6(9(7)13)8(20)1-2-10(14,15)16/h3-4,8H,1-2,20H2/t8-/m0/s1. The zero-order chi connectivity index (χ0) is 15.7. The molecule has 0 aliphatic carbocycles. The quantitative estimate of drug-likeness (QED) is 0.791. The summed E-state index contributed by atoms with van der Waals surface area (Å²) in [6, 6.07) is -0.796. The monoisotopic (exact) mass is 323 g/mol. The Kier molecular flexibility index (Phi) is 4.91. The molecule has 1 aromatic carbocycles. The Hall–Kier alpha value is -1.02. The normalized spacial score (nSPS) is 14.4. The average Bonchev–Trinajstić information content (AvgIpc) is 2.27. The Labute approximate surface area is 114 Å². The van der Waals surface area contributed by atoms with Gasteiger partial charge in [0, 0.05) is 18.0 Å². The fourth-order valence-electron chi connectivity index (χ4n) is 1.52. The van der Waals surface area contributed by atoms with Crippen molar-refractivity contribution >= 4 is 11.6 Å². The van der Waals surface area contributed by atoms with E-state index in [1.54, 1.807) is 0 Å². The highest BCUT2D eigenvalue weighted by Gasteiger charge is 2.34. The van der Waals surface area contributed by atoms with Crippen molar-refractivity contribution in [3.8, 4) is 0 Å². The van der Waals surface area contributed by atoms with Gasteiger partial charge in [0.05, 0.1) is 10.6 Å². The van der Waals surface area contributed by atoms with E-state index < -0.39 is 53.2 Å². The van der Waals surface area contributed by atoms with Crippen LogP contribution in [0.15, 0.2) is 12.1 Å². The summed E-state index contributed by atoms with van der Waals surface area (Å²) in [6.07, 6.45) is -11.4. The Morgan fingerprint density at radius 1 is 1.10 bits per heavy atom. The smallest absolute Gasteiger partial charge is 0.324 e. The van der Waals surface area contributed by atoms with Crippen LogP contribution in [0.25, 0.3) is 0 Å². The zero-order valence-electron chi connectivity index (χ0n) is 9.75. The van der Waals surface area contributed by atoms with E-state index in [4.69, 9.17) is 17.3 Å². The molecule has 0 amide bonds. The van der Waals surface area contributed by atoms with Crippen LogP contribution in [0.5, 0.6) is 0 Å². The van der Waals surface area contributed by atoms with Crippen LogP contribution >= 0.6 is 11.6 Å². The van der Waals surface area contributed by atoms with Gasteiger partial charge in [-0.25, -0.2) is 4.39 Å². The summed E-state index contributed by atoms with van der Waals surface area (Å²) in [5.41, 5.74) is 3.37. The Bertz CT molecular complexity index is 481. The van der Waals surface area contributed by atoms with Crippen LogP contribution < -0.4 is 5.73 Å². The van der Waals surface area contributed by atoms with Gasteiger partial charge in [-0.05, 0) is 18.6 Å². The first kappa shape index (κ1) is 17.0. The highest BCUT2D eigenvalue weighted by Crippen LogP contribution is 2.36. The molecule has 0 aromatic heterocycles. The van der Waals surface area contributed by atoms with E-state index in [2.05, 4.69) is 0 Å². The second kappa shape index (κ2) is 5.77. The number of benzene rings is 1. The highest BCUT2D eigenvalue weighted by atomic mass is 35.5. The highest BCUT2D eigenvalue weighted by molar-refractivity contribution is 6.30. The van der Waals surface area contributed by atoms with Crippen molar-refractivity contribution in [2.75, 3.05) is 0 Å². The van der Waals surface area contributed by atoms with Gasteiger partial charge in [0.15, 0.2) is 0 Å². The first-order chi connectivity index (χ1) is 8.92. The van der Waals surface area contributed by atoms with Crippen LogP contribution in [0.2, 0.25) is 5.02 Å². The molecule has 2 N–H and O–H groups in total. The summed E-state index contributed by atoms with van der Waals surface area (Å²) in [6.45, 7) is 0. The molecule has 0 unspecified atom stereocenters. The molecule has 0 aliphatic rings. The van der Waals surface area contributed by atoms with Crippen molar-refractivity contribution in [3.05, 3.63) is 34.1 Å². The Morgan fingerprint density at radius 3 is 2.10 bits per heavy atom. The third-order valence-corrected chi connectivity index (χ3v) is 2.80. The van der Waals surface area contributed by atoms with E-state index in [9.17, 15) is 30.7 Å². The molecule has 0 radical (unpaired) electrons. The minimum atomic E-state index is -4.80. The lowest BCUT2D eigenvalue weighted by atomic mass is 9.99. The first-order valence-corrected chi connectivity index (χ1v) is 5.68. The van der Waals surface area contributed by atoms with Crippen LogP contribution in [0, 0.1) is 5.82 Å². The number of rotatable bonds is 3. The molecule has 20 heavy (non-hydrogen) atoms. The largest absolute Gasteiger partial charge is 0.416 e. The van der Waals surface area contributed by atoms with Crippen molar-refractivity contribution in [1.82, 2.24) is 0 Å². The number of hydrogen-bond donors (Lipinski definition) is 1. The Balaban J connectivity index is 3.07. The van der Waals surface area contributed by atoms with Gasteiger partial charge in [-0.15, -0.1) is 0 Å². The van der Waals surface area contributed by atoms with Gasteiger partial charge >= 0.3 is 12.4 Å². The molecule has 0 fully saturated rings. The maximum atomic E-state index is 13.6. The van der Waals surface area contributed by atoms with Gasteiger partial charge in [-0.1, -0.05) is 11.6 Å². The van der Waals surface area contributed by atoms with E-state index in [1.165, 1.54) is 0 Å². The van der Waals surface area contributed by atoms with Gasteiger partial charge in [0.25, 0.3) is 0 Å². The van der Waals surface area contributed by atoms with Crippen LogP contribution in [-0.2, 0) is 6.18 Å². The molecular weight excluding hydrogens is 315 g/mol. The number of alkyl halides is 6. The zero-order valence-corrected chi connectivity index (χ0v) is 10.5. The van der Waals surface area contributed by atoms with Crippen molar-refractivity contribution in [2.24, 2.45) is 5.73 Å². The summed E-state index contributed by atoms with van der Waals surface area (Å²) in [5, 5.41) is -0.836. The predicted molar refractivity (Wildman–Crippen MR) is 58.6 cm³/mol. The molecule has 0 saturated carbocycles. The van der Waals surface area contributed by atoms with Gasteiger partial charge in [-0.2, -0.15) is 26.3 Å². The lowest BCUT2D eigenvalue weighted by Crippen LogP contribution is -2.18. The van der Waals surface area contributed by atoms with Gasteiger partial charge < -0.3 is 5.73 Å². The van der Waals surface area contributed by atoms with Crippen molar-refractivity contribution in [2.45, 2.75) is 31.2 Å². The minimum absolute atomic E-state index is 0.358. The molecule has 0 bridgehead atoms. The topological polar surface area (TPSA) is 26.0 Å². The lowest BCUT2D eigenvalue weighted by molar-refractivity contribution is -0.138. The fraction of sp³-hybridized carbons (Fsp3) is 0.455. The first-order valence-electron chi connectivity index (χ1n) is 5.30. The summed E-state index contributed by atoms with van der Waals surface area (Å²) in [7, 11) is 0. The maximum absolute atomic E-state index is 13.6. The summed E-state index contributed by atoms with van der Waals surface area (Å²) >= 11 is 5.31. The van der Waals surface area contributed by atoms with E-state index in [1.807, 2.05) is 0 Å². The maximum Gasteiger partial charge on any atom is 0.416 e. The second-order valence-corrected chi connectivity index (χ2v) is 4.53. The Morgan fingerprint density at radius 2 is 1.65 bits per heavy atom. The van der Waals surface area contributed by atoms with Crippen LogP contribution in [0.4, 0.5) is 30.7 Å². The van der Waals surface area contributed by atoms with Crippen molar-refractivity contribution < 1.29 is 30.7 Å². The summed E-state index contributed by atoms with van der Waals surface area (Å²) < 4.78 is 87.2. The third-order valence-electron chi connectivity index (χ3n) is 2.52. The molecule has 0 spiro atoms. The third kappa shape index (κ3) is 4.52. The molecule has 1 rings (SSSR count). The molecule has 1 aromatic rings. The second-order valence-electron chi connectivity index (χ2n) is 4.12. The molecule has 9 heteroatoms. The fourth-order valence-corrected chi connectivity index (χ4v) is 1.75. The van der Waals surface area contributed by atoms with Crippen LogP contribution in [0.3, 0.4) is 0 Å². The molecule has 0 aliphatic heterocycles. The number of halogens is 8. The average molecular weight is 324 g/mol. The predicted octanol–water partition coefficient (Wildman–Crippen LogP) is 4.84. The molecule has 0 heterocycles. The van der Waals surface area contributed by atoms with Crippen molar-refractivity contribution in [1.29, 1.82) is 0 Å². The number of nitrogens with two attached hydrogens (primary N) is 1. The summed E-state index contributed by atoms with van der Waals surface area (Å²) in [5.74, 6) is -1.24. The summed E-state index contributed by atoms with van der Waals surface area (Å²) in [4.78, 5) is 0.